The molecule has 1 atom stereocenters. The van der Waals surface area contributed by atoms with Gasteiger partial charge in [-0.1, -0.05) is 18.2 Å². The Kier molecular flexibility index (Phi) is 5.56. The zero-order chi connectivity index (χ0) is 16.4. The van der Waals surface area contributed by atoms with E-state index in [9.17, 15) is 4.79 Å². The number of hydrogen-bond donors (Lipinski definition) is 1. The van der Waals surface area contributed by atoms with Gasteiger partial charge in [0.05, 0.1) is 19.1 Å². The van der Waals surface area contributed by atoms with E-state index in [1.54, 1.807) is 6.20 Å². The molecule has 1 aromatic carbocycles. The van der Waals surface area contributed by atoms with E-state index in [-0.39, 0.29) is 24.4 Å². The van der Waals surface area contributed by atoms with Crippen molar-refractivity contribution < 1.29 is 9.53 Å². The first-order valence-electron chi connectivity index (χ1n) is 8.46. The van der Waals surface area contributed by atoms with Crippen molar-refractivity contribution in [3.8, 4) is 5.75 Å². The standard InChI is InChI=1S/C19H21N3O2.ClH/c23-19(11-14-3-4-18-15(10-14)5-9-24-18)22-8-7-21-13-17(22)16-2-1-6-20-12-16;/h1-4,6,10,12,17,21H,5,7-9,11,13H2;1H. The second-order valence-corrected chi connectivity index (χ2v) is 6.31. The molecule has 132 valence electrons. The van der Waals surface area contributed by atoms with Crippen LogP contribution in [0.1, 0.15) is 22.7 Å². The number of rotatable bonds is 3. The smallest absolute Gasteiger partial charge is 0.227 e. The average molecular weight is 360 g/mol. The number of ether oxygens (including phenoxy) is 1. The topological polar surface area (TPSA) is 54.5 Å². The van der Waals surface area contributed by atoms with E-state index in [2.05, 4.69) is 16.4 Å². The lowest BCUT2D eigenvalue weighted by atomic mass is 10.0. The second-order valence-electron chi connectivity index (χ2n) is 6.31. The van der Waals surface area contributed by atoms with E-state index in [1.807, 2.05) is 35.4 Å². The third-order valence-corrected chi connectivity index (χ3v) is 4.74. The number of hydrogen-bond acceptors (Lipinski definition) is 4. The third-order valence-electron chi connectivity index (χ3n) is 4.74. The molecule has 25 heavy (non-hydrogen) atoms. The van der Waals surface area contributed by atoms with Gasteiger partial charge >= 0.3 is 0 Å². The maximum absolute atomic E-state index is 12.9. The number of benzene rings is 1. The van der Waals surface area contributed by atoms with E-state index in [4.69, 9.17) is 4.74 Å². The minimum atomic E-state index is 0. The quantitative estimate of drug-likeness (QED) is 0.912. The molecule has 0 bridgehead atoms. The maximum atomic E-state index is 12.9. The van der Waals surface area contributed by atoms with Crippen molar-refractivity contribution in [2.45, 2.75) is 18.9 Å². The molecule has 1 saturated heterocycles. The van der Waals surface area contributed by atoms with Crippen LogP contribution in [0.5, 0.6) is 5.75 Å². The minimum absolute atomic E-state index is 0. The molecule has 1 fully saturated rings. The molecular weight excluding hydrogens is 338 g/mol. The van der Waals surface area contributed by atoms with Gasteiger partial charge in [0.15, 0.2) is 0 Å². The zero-order valence-corrected chi connectivity index (χ0v) is 14.8. The van der Waals surface area contributed by atoms with E-state index >= 15 is 0 Å². The Bertz CT molecular complexity index is 739. The molecule has 2 aliphatic heterocycles. The van der Waals surface area contributed by atoms with Gasteiger partial charge in [0.2, 0.25) is 5.91 Å². The Morgan fingerprint density at radius 3 is 3.12 bits per heavy atom. The fourth-order valence-electron chi connectivity index (χ4n) is 3.50. The summed E-state index contributed by atoms with van der Waals surface area (Å²) >= 11 is 0. The number of nitrogens with one attached hydrogen (secondary N) is 1. The number of fused-ring (bicyclic) bond motifs is 1. The molecule has 1 N–H and O–H groups in total. The van der Waals surface area contributed by atoms with E-state index in [1.165, 1.54) is 5.56 Å². The average Bonchev–Trinajstić information content (AvgIpc) is 3.10. The molecule has 1 unspecified atom stereocenters. The Morgan fingerprint density at radius 2 is 2.28 bits per heavy atom. The van der Waals surface area contributed by atoms with E-state index in [0.717, 1.165) is 49.5 Å². The second kappa shape index (κ2) is 7.85. The molecule has 6 heteroatoms. The van der Waals surface area contributed by atoms with Crippen LogP contribution in [0.4, 0.5) is 0 Å². The first-order chi connectivity index (χ1) is 11.8. The first-order valence-corrected chi connectivity index (χ1v) is 8.46. The highest BCUT2D eigenvalue weighted by Gasteiger charge is 2.28. The van der Waals surface area contributed by atoms with Crippen LogP contribution in [0.15, 0.2) is 42.7 Å². The highest BCUT2D eigenvalue weighted by Crippen LogP contribution is 2.27. The van der Waals surface area contributed by atoms with Crippen LogP contribution in [0.3, 0.4) is 0 Å². The van der Waals surface area contributed by atoms with Gasteiger partial charge in [-0.2, -0.15) is 0 Å². The lowest BCUT2D eigenvalue weighted by molar-refractivity contribution is -0.133. The fraction of sp³-hybridized carbons (Fsp3) is 0.368. The largest absolute Gasteiger partial charge is 0.493 e. The van der Waals surface area contributed by atoms with Crippen LogP contribution in [-0.4, -0.2) is 42.0 Å². The van der Waals surface area contributed by atoms with Crippen molar-refractivity contribution in [3.63, 3.8) is 0 Å². The summed E-state index contributed by atoms with van der Waals surface area (Å²) in [4.78, 5) is 19.1. The van der Waals surface area contributed by atoms with Crippen LogP contribution >= 0.6 is 12.4 Å². The molecule has 1 aromatic heterocycles. The van der Waals surface area contributed by atoms with Crippen LogP contribution in [0, 0.1) is 0 Å². The lowest BCUT2D eigenvalue weighted by Crippen LogP contribution is -2.49. The summed E-state index contributed by atoms with van der Waals surface area (Å²) in [6.45, 7) is 3.08. The van der Waals surface area contributed by atoms with Crippen molar-refractivity contribution >= 4 is 18.3 Å². The zero-order valence-electron chi connectivity index (χ0n) is 14.0. The van der Waals surface area contributed by atoms with Crippen LogP contribution in [-0.2, 0) is 17.6 Å². The number of halogens is 1. The summed E-state index contributed by atoms with van der Waals surface area (Å²) in [6, 6.07) is 10.1. The number of aromatic nitrogens is 1. The SMILES string of the molecule is Cl.O=C(Cc1ccc2c(c1)CCO2)N1CCNCC1c1cccnc1. The molecule has 0 saturated carbocycles. The van der Waals surface area contributed by atoms with Gasteiger partial charge in [0.1, 0.15) is 5.75 Å². The summed E-state index contributed by atoms with van der Waals surface area (Å²) < 4.78 is 5.54. The molecule has 0 spiro atoms. The summed E-state index contributed by atoms with van der Waals surface area (Å²) in [5.74, 6) is 1.13. The number of nitrogens with zero attached hydrogens (tertiary/aromatic N) is 2. The highest BCUT2D eigenvalue weighted by atomic mass is 35.5. The molecule has 1 amide bonds. The van der Waals surface area contributed by atoms with Crippen molar-refractivity contribution in [3.05, 3.63) is 59.4 Å². The molecule has 5 nitrogen and oxygen atoms in total. The van der Waals surface area contributed by atoms with Crippen LogP contribution in [0.25, 0.3) is 0 Å². The van der Waals surface area contributed by atoms with E-state index < -0.39 is 0 Å². The Balaban J connectivity index is 0.00000182. The van der Waals surface area contributed by atoms with Gasteiger partial charge in [0.25, 0.3) is 0 Å². The van der Waals surface area contributed by atoms with Crippen LogP contribution < -0.4 is 10.1 Å². The van der Waals surface area contributed by atoms with Crippen molar-refractivity contribution in [1.82, 2.24) is 15.2 Å². The molecular formula is C19H22ClN3O2. The Hall–Kier alpha value is -2.11. The molecule has 4 rings (SSSR count). The monoisotopic (exact) mass is 359 g/mol. The lowest BCUT2D eigenvalue weighted by Gasteiger charge is -2.36. The summed E-state index contributed by atoms with van der Waals surface area (Å²) in [7, 11) is 0. The molecule has 0 radical (unpaired) electrons. The number of piperazine rings is 1. The number of carbonyl (C=O) groups excluding carboxylic acids is 1. The summed E-state index contributed by atoms with van der Waals surface area (Å²) in [5, 5.41) is 3.38. The predicted molar refractivity (Wildman–Crippen MR) is 98.2 cm³/mol. The van der Waals surface area contributed by atoms with Gasteiger partial charge in [0, 0.05) is 38.4 Å². The third kappa shape index (κ3) is 3.78. The van der Waals surface area contributed by atoms with Crippen molar-refractivity contribution in [2.75, 3.05) is 26.2 Å². The normalized spacial score (nSPS) is 18.9. The maximum Gasteiger partial charge on any atom is 0.227 e. The van der Waals surface area contributed by atoms with Gasteiger partial charge in [-0.05, 0) is 28.8 Å². The number of amides is 1. The minimum Gasteiger partial charge on any atom is -0.493 e. The van der Waals surface area contributed by atoms with Gasteiger partial charge in [-0.3, -0.25) is 9.78 Å². The first kappa shape index (κ1) is 17.7. The molecule has 2 aliphatic rings. The predicted octanol–water partition coefficient (Wildman–Crippen LogP) is 2.15. The van der Waals surface area contributed by atoms with E-state index in [0.29, 0.717) is 6.42 Å². The van der Waals surface area contributed by atoms with Gasteiger partial charge in [-0.15, -0.1) is 12.4 Å². The van der Waals surface area contributed by atoms with Crippen molar-refractivity contribution in [1.29, 1.82) is 0 Å². The molecule has 2 aromatic rings. The van der Waals surface area contributed by atoms with Gasteiger partial charge < -0.3 is 15.0 Å². The summed E-state index contributed by atoms with van der Waals surface area (Å²) in [5.41, 5.74) is 3.36. The summed E-state index contributed by atoms with van der Waals surface area (Å²) in [6.07, 6.45) is 4.98. The Morgan fingerprint density at radius 1 is 1.36 bits per heavy atom. The Labute approximate surface area is 153 Å². The van der Waals surface area contributed by atoms with Crippen molar-refractivity contribution in [2.24, 2.45) is 0 Å². The van der Waals surface area contributed by atoms with Crippen LogP contribution in [0.2, 0.25) is 0 Å². The molecule has 3 heterocycles. The molecule has 0 aliphatic carbocycles. The number of pyridine rings is 1. The fourth-order valence-corrected chi connectivity index (χ4v) is 3.50. The number of carbonyl (C=O) groups is 1. The highest BCUT2D eigenvalue weighted by molar-refractivity contribution is 5.85. The van der Waals surface area contributed by atoms with Gasteiger partial charge in [-0.25, -0.2) is 0 Å².